The molecular formula is C66H56N4OPt-2. The smallest absolute Gasteiger partial charge is 0.267 e. The van der Waals surface area contributed by atoms with E-state index in [9.17, 15) is 0 Å². The van der Waals surface area contributed by atoms with Crippen molar-refractivity contribution in [2.24, 2.45) is 0 Å². The second-order valence-corrected chi connectivity index (χ2v) is 20.6. The molecule has 0 aliphatic carbocycles. The molecule has 0 bridgehead atoms. The van der Waals surface area contributed by atoms with Crippen molar-refractivity contribution < 1.29 is 30.4 Å². The molecule has 0 aliphatic rings. The molecule has 0 spiro atoms. The van der Waals surface area contributed by atoms with Crippen molar-refractivity contribution in [2.75, 3.05) is 0 Å². The SMILES string of the molecule is CC(C)(C)c1ccnc(-n2c3[c-]c(Oc4[c-]c(-n5[c-][n+](-c6cc(-c7ccccc7)cc(C(C)(C)c7ccccc7)c6)cc5C(C)(C)c5ccccc5)ccc4)ccc3c3cc(-c4ccccc4)ccc32)c1.[Pt]. The van der Waals surface area contributed by atoms with Crippen LogP contribution in [0.3, 0.4) is 0 Å². The molecule has 0 unspecified atom stereocenters. The number of ether oxygens (including phenoxy) is 1. The molecule has 8 aromatic carbocycles. The van der Waals surface area contributed by atoms with Gasteiger partial charge in [-0.1, -0.05) is 194 Å². The summed E-state index contributed by atoms with van der Waals surface area (Å²) < 4.78 is 13.3. The van der Waals surface area contributed by atoms with Crippen LogP contribution in [0, 0.1) is 18.5 Å². The van der Waals surface area contributed by atoms with Gasteiger partial charge in [0.15, 0.2) is 0 Å². The van der Waals surface area contributed by atoms with E-state index in [4.69, 9.17) is 9.72 Å². The van der Waals surface area contributed by atoms with Crippen molar-refractivity contribution in [1.29, 1.82) is 0 Å². The molecule has 0 saturated heterocycles. The largest absolute Gasteiger partial charge is 0.510 e. The van der Waals surface area contributed by atoms with Crippen LogP contribution in [0.5, 0.6) is 11.5 Å². The van der Waals surface area contributed by atoms with Gasteiger partial charge in [0.05, 0.1) is 11.4 Å². The van der Waals surface area contributed by atoms with E-state index < -0.39 is 5.41 Å². The zero-order valence-electron chi connectivity index (χ0n) is 41.7. The van der Waals surface area contributed by atoms with Crippen molar-refractivity contribution in [3.8, 4) is 50.9 Å². The molecule has 0 saturated carbocycles. The first-order valence-corrected chi connectivity index (χ1v) is 24.4. The Hall–Kier alpha value is -7.59. The fraction of sp³-hybridized carbons (Fsp3) is 0.152. The average molecular weight is 1120 g/mol. The van der Waals surface area contributed by atoms with Crippen molar-refractivity contribution in [3.05, 3.63) is 259 Å². The Morgan fingerprint density at radius 3 is 1.78 bits per heavy atom. The number of hydrogen-bond acceptors (Lipinski definition) is 2. The zero-order chi connectivity index (χ0) is 48.9. The molecule has 6 heteroatoms. The zero-order valence-corrected chi connectivity index (χ0v) is 44.0. The van der Waals surface area contributed by atoms with Gasteiger partial charge >= 0.3 is 0 Å². The van der Waals surface area contributed by atoms with Crippen molar-refractivity contribution in [3.63, 3.8) is 0 Å². The summed E-state index contributed by atoms with van der Waals surface area (Å²) in [7, 11) is 0. The molecule has 11 rings (SSSR count). The first-order valence-electron chi connectivity index (χ1n) is 24.4. The monoisotopic (exact) mass is 1120 g/mol. The number of aromatic nitrogens is 4. The van der Waals surface area contributed by atoms with E-state index in [2.05, 4.69) is 269 Å². The molecule has 0 aliphatic heterocycles. The molecule has 11 aromatic rings. The van der Waals surface area contributed by atoms with Crippen LogP contribution in [0.4, 0.5) is 0 Å². The van der Waals surface area contributed by atoms with Crippen LogP contribution in [-0.4, -0.2) is 14.1 Å². The van der Waals surface area contributed by atoms with Gasteiger partial charge in [-0.05, 0) is 91.3 Å². The standard InChI is InChI=1S/C66H56N4O.Pt/c1-64(2,3)52-35-36-67-63(41-52)70-60-34-31-48(46-21-12-8-13-22-46)39-59(60)58-33-32-57(43-61(58)70)71-56-30-20-29-54(42-56)69-45-68(44-62(69)66(6,7)51-27-18-11-19-28-51)55-38-49(47-23-14-9-15-24-47)37-53(40-55)65(4,5)50-25-16-10-17-26-50;/h8-41,44H,1-7H3;/q-2;. The van der Waals surface area contributed by atoms with Crippen LogP contribution in [0.15, 0.2) is 213 Å². The van der Waals surface area contributed by atoms with Crippen molar-refractivity contribution in [2.45, 2.75) is 64.7 Å². The van der Waals surface area contributed by atoms with Gasteiger partial charge in [0, 0.05) is 61.3 Å². The molecule has 0 fully saturated rings. The molecular weight excluding hydrogens is 1060 g/mol. The number of imidazole rings is 1. The molecule has 3 aromatic heterocycles. The van der Waals surface area contributed by atoms with Crippen LogP contribution >= 0.6 is 0 Å². The van der Waals surface area contributed by atoms with Gasteiger partial charge in [0.25, 0.3) is 6.33 Å². The Kier molecular flexibility index (Phi) is 12.8. The summed E-state index contributed by atoms with van der Waals surface area (Å²) in [6, 6.07) is 78.1. The molecule has 0 amide bonds. The minimum absolute atomic E-state index is 0. The number of hydrogen-bond donors (Lipinski definition) is 0. The number of benzene rings is 8. The predicted octanol–water partition coefficient (Wildman–Crippen LogP) is 15.7. The Morgan fingerprint density at radius 2 is 1.11 bits per heavy atom. The molecule has 3 heterocycles. The summed E-state index contributed by atoms with van der Waals surface area (Å²) in [5, 5.41) is 2.19. The van der Waals surface area contributed by atoms with Gasteiger partial charge in [-0.25, -0.2) is 4.98 Å². The summed E-state index contributed by atoms with van der Waals surface area (Å²) in [6.45, 7) is 15.9. The van der Waals surface area contributed by atoms with Gasteiger partial charge in [0.1, 0.15) is 5.82 Å². The van der Waals surface area contributed by atoms with Crippen LogP contribution < -0.4 is 9.30 Å². The first kappa shape index (κ1) is 48.1. The summed E-state index contributed by atoms with van der Waals surface area (Å²) in [5.74, 6) is 1.98. The second-order valence-electron chi connectivity index (χ2n) is 20.6. The van der Waals surface area contributed by atoms with Gasteiger partial charge in [-0.2, -0.15) is 18.2 Å². The molecule has 0 atom stereocenters. The topological polar surface area (TPSA) is 35.9 Å². The maximum atomic E-state index is 6.79. The quantitative estimate of drug-likeness (QED) is 0.0956. The van der Waals surface area contributed by atoms with Crippen LogP contribution in [-0.2, 0) is 37.3 Å². The second kappa shape index (κ2) is 19.2. The minimum Gasteiger partial charge on any atom is -0.510 e. The van der Waals surface area contributed by atoms with Crippen LogP contribution in [0.25, 0.3) is 61.3 Å². The van der Waals surface area contributed by atoms with Gasteiger partial charge in [-0.3, -0.25) is 4.57 Å². The number of pyridine rings is 1. The number of fused-ring (bicyclic) bond motifs is 3. The molecule has 0 N–H and O–H groups in total. The third kappa shape index (κ3) is 9.15. The van der Waals surface area contributed by atoms with E-state index in [0.717, 1.165) is 61.4 Å². The number of nitrogens with zero attached hydrogens (tertiary/aromatic N) is 4. The third-order valence-corrected chi connectivity index (χ3v) is 14.2. The first-order chi connectivity index (χ1) is 34.3. The summed E-state index contributed by atoms with van der Waals surface area (Å²) in [5.41, 5.74) is 13.5. The van der Waals surface area contributed by atoms with Crippen molar-refractivity contribution in [1.82, 2.24) is 14.1 Å². The third-order valence-electron chi connectivity index (χ3n) is 14.2. The van der Waals surface area contributed by atoms with E-state index in [-0.39, 0.29) is 31.9 Å². The minimum atomic E-state index is -0.429. The van der Waals surface area contributed by atoms with Gasteiger partial charge < -0.3 is 13.9 Å². The van der Waals surface area contributed by atoms with E-state index >= 15 is 0 Å². The predicted molar refractivity (Wildman–Crippen MR) is 289 cm³/mol. The molecule has 5 nitrogen and oxygen atoms in total. The normalized spacial score (nSPS) is 12.0. The van der Waals surface area contributed by atoms with Crippen molar-refractivity contribution >= 4 is 21.8 Å². The summed E-state index contributed by atoms with van der Waals surface area (Å²) in [6.07, 6.45) is 7.94. The molecule has 72 heavy (non-hydrogen) atoms. The van der Waals surface area contributed by atoms with Gasteiger partial charge in [-0.15, -0.1) is 29.7 Å². The fourth-order valence-electron chi connectivity index (χ4n) is 9.84. The van der Waals surface area contributed by atoms with Crippen LogP contribution in [0.2, 0.25) is 0 Å². The maximum absolute atomic E-state index is 6.79. The Balaban J connectivity index is 0.00000596. The Morgan fingerprint density at radius 1 is 0.486 bits per heavy atom. The number of rotatable bonds is 11. The molecule has 358 valence electrons. The Bertz CT molecular complexity index is 3700. The average Bonchev–Trinajstić information content (AvgIpc) is 4.00. The van der Waals surface area contributed by atoms with E-state index in [1.54, 1.807) is 0 Å². The maximum Gasteiger partial charge on any atom is 0.267 e. The van der Waals surface area contributed by atoms with Crippen LogP contribution in [0.1, 0.15) is 76.4 Å². The van der Waals surface area contributed by atoms with E-state index in [0.29, 0.717) is 11.5 Å². The molecule has 0 radical (unpaired) electrons. The fourth-order valence-corrected chi connectivity index (χ4v) is 9.84. The van der Waals surface area contributed by atoms with Gasteiger partial charge in [0.2, 0.25) is 0 Å². The Labute approximate surface area is 438 Å². The summed E-state index contributed by atoms with van der Waals surface area (Å²) in [4.78, 5) is 4.95. The van der Waals surface area contributed by atoms with E-state index in [1.807, 2.05) is 24.4 Å². The summed E-state index contributed by atoms with van der Waals surface area (Å²) >= 11 is 0. The van der Waals surface area contributed by atoms with E-state index in [1.165, 1.54) is 27.8 Å².